The molecule has 20 heavy (non-hydrogen) atoms. The van der Waals surface area contributed by atoms with Gasteiger partial charge in [0.2, 0.25) is 0 Å². The van der Waals surface area contributed by atoms with Crippen molar-refractivity contribution in [2.75, 3.05) is 13.1 Å². The Balaban J connectivity index is 2.23. The Bertz CT molecular complexity index is 561. The second kappa shape index (κ2) is 5.20. The Morgan fingerprint density at radius 2 is 2.15 bits per heavy atom. The van der Waals surface area contributed by atoms with Crippen molar-refractivity contribution in [2.45, 2.75) is 25.4 Å². The fourth-order valence-corrected chi connectivity index (χ4v) is 2.45. The summed E-state index contributed by atoms with van der Waals surface area (Å²) < 4.78 is 13.1. The largest absolute Gasteiger partial charge is 0.378 e. The van der Waals surface area contributed by atoms with E-state index in [9.17, 15) is 19.1 Å². The molecule has 0 aromatic heterocycles. The van der Waals surface area contributed by atoms with E-state index < -0.39 is 17.3 Å². The summed E-state index contributed by atoms with van der Waals surface area (Å²) in [6.07, 6.45) is 0.736. The van der Waals surface area contributed by atoms with Crippen LogP contribution in [0.15, 0.2) is 18.2 Å². The summed E-state index contributed by atoms with van der Waals surface area (Å²) in [6, 6.07) is 3.90. The maximum Gasteiger partial charge on any atom is 0.254 e. The standard InChI is InChI=1S/C14H17FN2O3/c1-9-7-10(15)3-4-11(9)12(18)17-6-2-5-14(20,8-17)13(16)19/h3-4,7,20H,2,5-6,8H2,1H3,(H2,16,19). The predicted molar refractivity (Wildman–Crippen MR) is 70.4 cm³/mol. The van der Waals surface area contributed by atoms with Gasteiger partial charge in [-0.05, 0) is 43.5 Å². The van der Waals surface area contributed by atoms with E-state index in [4.69, 9.17) is 5.73 Å². The topological polar surface area (TPSA) is 83.6 Å². The second-order valence-electron chi connectivity index (χ2n) is 5.19. The Hall–Kier alpha value is -1.95. The van der Waals surface area contributed by atoms with Crippen molar-refractivity contribution in [3.8, 4) is 0 Å². The van der Waals surface area contributed by atoms with Gasteiger partial charge in [-0.2, -0.15) is 0 Å². The van der Waals surface area contributed by atoms with Crippen molar-refractivity contribution >= 4 is 11.8 Å². The molecule has 6 heteroatoms. The molecule has 1 aromatic carbocycles. The van der Waals surface area contributed by atoms with E-state index in [1.807, 2.05) is 0 Å². The van der Waals surface area contributed by atoms with Gasteiger partial charge in [-0.1, -0.05) is 0 Å². The Labute approximate surface area is 116 Å². The van der Waals surface area contributed by atoms with E-state index >= 15 is 0 Å². The molecule has 5 nitrogen and oxygen atoms in total. The van der Waals surface area contributed by atoms with Crippen LogP contribution in [0.3, 0.4) is 0 Å². The molecule has 1 aliphatic rings. The van der Waals surface area contributed by atoms with Crippen molar-refractivity contribution in [3.63, 3.8) is 0 Å². The van der Waals surface area contributed by atoms with Crippen LogP contribution >= 0.6 is 0 Å². The van der Waals surface area contributed by atoms with Gasteiger partial charge in [-0.25, -0.2) is 4.39 Å². The molecule has 0 bridgehead atoms. The lowest BCUT2D eigenvalue weighted by Gasteiger charge is -2.37. The molecule has 0 aliphatic carbocycles. The highest BCUT2D eigenvalue weighted by Gasteiger charge is 2.40. The van der Waals surface area contributed by atoms with Crippen molar-refractivity contribution in [1.82, 2.24) is 4.90 Å². The van der Waals surface area contributed by atoms with Gasteiger partial charge in [0.15, 0.2) is 5.60 Å². The lowest BCUT2D eigenvalue weighted by Crippen LogP contribution is -2.57. The third-order valence-corrected chi connectivity index (χ3v) is 3.64. The van der Waals surface area contributed by atoms with Crippen LogP contribution in [0.4, 0.5) is 4.39 Å². The maximum atomic E-state index is 13.1. The fraction of sp³-hybridized carbons (Fsp3) is 0.429. The number of nitrogens with two attached hydrogens (primary N) is 1. The molecule has 108 valence electrons. The molecule has 1 aromatic rings. The van der Waals surface area contributed by atoms with Gasteiger partial charge in [0.1, 0.15) is 5.82 Å². The number of carbonyl (C=O) groups excluding carboxylic acids is 2. The number of aliphatic hydroxyl groups is 1. The van der Waals surface area contributed by atoms with Crippen LogP contribution in [0, 0.1) is 12.7 Å². The molecular weight excluding hydrogens is 263 g/mol. The SMILES string of the molecule is Cc1cc(F)ccc1C(=O)N1CCCC(O)(C(N)=O)C1. The van der Waals surface area contributed by atoms with E-state index in [0.29, 0.717) is 24.1 Å². The molecule has 1 saturated heterocycles. The number of carbonyl (C=O) groups is 2. The zero-order valence-electron chi connectivity index (χ0n) is 11.2. The number of primary amides is 1. The van der Waals surface area contributed by atoms with Gasteiger partial charge in [0, 0.05) is 12.1 Å². The molecular formula is C14H17FN2O3. The monoisotopic (exact) mass is 280 g/mol. The highest BCUT2D eigenvalue weighted by Crippen LogP contribution is 2.23. The molecule has 2 amide bonds. The molecule has 3 N–H and O–H groups in total. The lowest BCUT2D eigenvalue weighted by molar-refractivity contribution is -0.140. The quantitative estimate of drug-likeness (QED) is 0.831. The molecule has 2 rings (SSSR count). The van der Waals surface area contributed by atoms with Gasteiger partial charge in [0.25, 0.3) is 11.8 Å². The van der Waals surface area contributed by atoms with Crippen molar-refractivity contribution in [1.29, 1.82) is 0 Å². The van der Waals surface area contributed by atoms with Gasteiger partial charge < -0.3 is 15.7 Å². The number of nitrogens with zero attached hydrogens (tertiary/aromatic N) is 1. The summed E-state index contributed by atoms with van der Waals surface area (Å²) in [4.78, 5) is 25.0. The van der Waals surface area contributed by atoms with E-state index in [1.165, 1.54) is 23.1 Å². The van der Waals surface area contributed by atoms with Crippen LogP contribution in [-0.4, -0.2) is 40.5 Å². The number of likely N-dealkylation sites (tertiary alicyclic amines) is 1. The molecule has 0 spiro atoms. The minimum atomic E-state index is -1.68. The first-order valence-electron chi connectivity index (χ1n) is 6.41. The number of hydrogen-bond acceptors (Lipinski definition) is 3. The smallest absolute Gasteiger partial charge is 0.254 e. The molecule has 1 fully saturated rings. The Morgan fingerprint density at radius 3 is 2.75 bits per heavy atom. The molecule has 1 aliphatic heterocycles. The lowest BCUT2D eigenvalue weighted by atomic mass is 9.91. The fourth-order valence-electron chi connectivity index (χ4n) is 2.45. The zero-order valence-corrected chi connectivity index (χ0v) is 11.2. The number of rotatable bonds is 2. The maximum absolute atomic E-state index is 13.1. The van der Waals surface area contributed by atoms with Gasteiger partial charge >= 0.3 is 0 Å². The first-order chi connectivity index (χ1) is 9.33. The second-order valence-corrected chi connectivity index (χ2v) is 5.19. The third-order valence-electron chi connectivity index (χ3n) is 3.64. The first kappa shape index (κ1) is 14.5. The number of β-amino-alcohol motifs (C(OH)–C–C–N with tert-alkyl or cyclic N) is 1. The molecule has 1 unspecified atom stereocenters. The average Bonchev–Trinajstić information content (AvgIpc) is 2.38. The van der Waals surface area contributed by atoms with Crippen LogP contribution < -0.4 is 5.73 Å². The summed E-state index contributed by atoms with van der Waals surface area (Å²) in [6.45, 7) is 1.95. The summed E-state index contributed by atoms with van der Waals surface area (Å²) >= 11 is 0. The molecule has 0 saturated carbocycles. The summed E-state index contributed by atoms with van der Waals surface area (Å²) in [5.41, 5.74) is 4.38. The number of benzene rings is 1. The van der Waals surface area contributed by atoms with E-state index in [0.717, 1.165) is 0 Å². The van der Waals surface area contributed by atoms with Gasteiger partial charge in [0.05, 0.1) is 6.54 Å². The van der Waals surface area contributed by atoms with Gasteiger partial charge in [-0.3, -0.25) is 9.59 Å². The number of piperidine rings is 1. The average molecular weight is 280 g/mol. The summed E-state index contributed by atoms with van der Waals surface area (Å²) in [5, 5.41) is 10.1. The van der Waals surface area contributed by atoms with Crippen LogP contribution in [0.1, 0.15) is 28.8 Å². The summed E-state index contributed by atoms with van der Waals surface area (Å²) in [5.74, 6) is -1.57. The number of aryl methyl sites for hydroxylation is 1. The normalized spacial score (nSPS) is 22.6. The molecule has 0 radical (unpaired) electrons. The van der Waals surface area contributed by atoms with Crippen LogP contribution in [0.5, 0.6) is 0 Å². The van der Waals surface area contributed by atoms with E-state index in [-0.39, 0.29) is 18.9 Å². The Kier molecular flexibility index (Phi) is 3.76. The van der Waals surface area contributed by atoms with Crippen LogP contribution in [0.2, 0.25) is 0 Å². The molecule has 1 heterocycles. The Morgan fingerprint density at radius 1 is 1.45 bits per heavy atom. The van der Waals surface area contributed by atoms with Crippen molar-refractivity contribution in [2.24, 2.45) is 5.73 Å². The third kappa shape index (κ3) is 2.65. The van der Waals surface area contributed by atoms with Crippen molar-refractivity contribution < 1.29 is 19.1 Å². The number of hydrogen-bond donors (Lipinski definition) is 2. The highest BCUT2D eigenvalue weighted by atomic mass is 19.1. The number of amides is 2. The van der Waals surface area contributed by atoms with E-state index in [2.05, 4.69) is 0 Å². The van der Waals surface area contributed by atoms with E-state index in [1.54, 1.807) is 6.92 Å². The van der Waals surface area contributed by atoms with Crippen LogP contribution in [0.25, 0.3) is 0 Å². The van der Waals surface area contributed by atoms with Gasteiger partial charge in [-0.15, -0.1) is 0 Å². The first-order valence-corrected chi connectivity index (χ1v) is 6.41. The minimum absolute atomic E-state index is 0.127. The minimum Gasteiger partial charge on any atom is -0.378 e. The zero-order chi connectivity index (χ0) is 14.9. The predicted octanol–water partition coefficient (Wildman–Crippen LogP) is 0.587. The summed E-state index contributed by atoms with van der Waals surface area (Å²) in [7, 11) is 0. The molecule has 1 atom stereocenters. The number of halogens is 1. The van der Waals surface area contributed by atoms with Crippen molar-refractivity contribution in [3.05, 3.63) is 35.1 Å². The highest BCUT2D eigenvalue weighted by molar-refractivity contribution is 5.96. The van der Waals surface area contributed by atoms with Crippen LogP contribution in [-0.2, 0) is 4.79 Å².